The molecule has 0 atom stereocenters. The highest BCUT2D eigenvalue weighted by atomic mass is 32.2. The highest BCUT2D eigenvalue weighted by molar-refractivity contribution is 7.99. The third-order valence-electron chi connectivity index (χ3n) is 17.4. The number of hydrogen-bond acceptors (Lipinski definition) is 32. The van der Waals surface area contributed by atoms with Crippen LogP contribution in [0.1, 0.15) is 42.2 Å². The summed E-state index contributed by atoms with van der Waals surface area (Å²) in [5.74, 6) is 0.00334. The Balaban J connectivity index is 0.000000222. The Morgan fingerprint density at radius 3 is 1.34 bits per heavy atom. The molecule has 129 heavy (non-hydrogen) atoms. The highest BCUT2D eigenvalue weighted by Gasteiger charge is 2.26. The number of benzene rings is 11. The van der Waals surface area contributed by atoms with Crippen LogP contribution < -0.4 is 75.6 Å². The van der Waals surface area contributed by atoms with Crippen LogP contribution in [0.25, 0.3) is 21.8 Å². The fourth-order valence-electron chi connectivity index (χ4n) is 10.6. The van der Waals surface area contributed by atoms with Crippen molar-refractivity contribution in [2.75, 3.05) is 13.4 Å². The zero-order valence-corrected chi connectivity index (χ0v) is 71.2. The van der Waals surface area contributed by atoms with Gasteiger partial charge in [0.15, 0.2) is 9.84 Å². The van der Waals surface area contributed by atoms with Gasteiger partial charge in [-0.2, -0.15) is 11.3 Å². The van der Waals surface area contributed by atoms with Crippen LogP contribution >= 0.6 is 23.1 Å². The number of sulfone groups is 1. The smallest absolute Gasteiger partial charge is 0.489 e. The SMILES string of the molecule is COC(=O)c1ccc(B(O)O)cc1.CS(=O)(=O)c1ccc(B(O)O)cc1.Cc1ccc(B(O)O)cc1F.NC(=O)c1ccc(B(O)O)cc1.NC(=O)c1cccc(B(O)O)c1.OB(O)c1ccc(OCc2ccccc2)cc1.OB(O)c1cccc2c1Oc1ccccc1S2.OB(O)c1cccc2ncccc12.OB(O)c1ccnc2ccccc12.OB(O)c1ccsc1. The molecule has 0 fully saturated rings. The Labute approximate surface area is 751 Å². The van der Waals surface area contributed by atoms with E-state index < -0.39 is 105 Å². The van der Waals surface area contributed by atoms with Gasteiger partial charge in [0.25, 0.3) is 0 Å². The van der Waals surface area contributed by atoms with Crippen LogP contribution in [-0.4, -0.2) is 221 Å². The first-order valence-electron chi connectivity index (χ1n) is 38.0. The summed E-state index contributed by atoms with van der Waals surface area (Å²) in [5.41, 5.74) is 17.9. The average molecular weight is 1810 g/mol. The van der Waals surface area contributed by atoms with Crippen molar-refractivity contribution in [2.45, 2.75) is 28.2 Å². The van der Waals surface area contributed by atoms with Gasteiger partial charge in [-0.25, -0.2) is 17.6 Å². The normalized spacial score (nSPS) is 10.3. The number of pyridine rings is 2. The van der Waals surface area contributed by atoms with Gasteiger partial charge in [-0.15, -0.1) is 0 Å². The number of thiophene rings is 1. The number of nitrogens with two attached hydrogens (primary N) is 2. The maximum absolute atomic E-state index is 12.7. The number of carbonyl (C=O) groups excluding carboxylic acids is 3. The number of hydrogen-bond donors (Lipinski definition) is 22. The lowest BCUT2D eigenvalue weighted by Crippen LogP contribution is -2.31. The fraction of sp³-hybridized carbons (Fsp3) is 0.0482. The predicted octanol–water partition coefficient (Wildman–Crippen LogP) is -3.51. The van der Waals surface area contributed by atoms with Crippen molar-refractivity contribution < 1.29 is 142 Å². The zero-order chi connectivity index (χ0) is 95.0. The lowest BCUT2D eigenvalue weighted by Gasteiger charge is -2.21. The van der Waals surface area contributed by atoms with Crippen molar-refractivity contribution in [1.82, 2.24) is 9.97 Å². The number of primary amides is 2. The van der Waals surface area contributed by atoms with Gasteiger partial charge >= 0.3 is 77.2 Å². The Hall–Kier alpha value is -12.0. The Morgan fingerprint density at radius 2 is 0.845 bits per heavy atom. The van der Waals surface area contributed by atoms with Gasteiger partial charge in [-0.05, 0) is 198 Å². The first-order valence-corrected chi connectivity index (χ1v) is 41.6. The zero-order valence-electron chi connectivity index (χ0n) is 68.7. The van der Waals surface area contributed by atoms with E-state index in [0.29, 0.717) is 73.0 Å². The molecule has 0 aliphatic carbocycles. The molecular weight excluding hydrogens is 1720 g/mol. The monoisotopic (exact) mass is 1810 g/mol. The number of esters is 1. The number of amides is 2. The molecule has 24 N–H and O–H groups in total. The molecule has 14 aromatic rings. The van der Waals surface area contributed by atoms with Crippen LogP contribution in [0.2, 0.25) is 0 Å². The van der Waals surface area contributed by atoms with Crippen LogP contribution in [0.3, 0.4) is 0 Å². The van der Waals surface area contributed by atoms with Crippen LogP contribution in [0, 0.1) is 12.7 Å². The lowest BCUT2D eigenvalue weighted by molar-refractivity contribution is 0.0600. The number of fused-ring (bicyclic) bond motifs is 4. The molecule has 0 radical (unpaired) electrons. The summed E-state index contributed by atoms with van der Waals surface area (Å²) in [6.45, 7) is 2.12. The van der Waals surface area contributed by atoms with Crippen LogP contribution in [0.4, 0.5) is 4.39 Å². The molecule has 46 heteroatoms. The number of aromatic nitrogens is 2. The molecule has 15 rings (SSSR count). The van der Waals surface area contributed by atoms with Crippen LogP contribution in [0.15, 0.2) is 317 Å². The second kappa shape index (κ2) is 53.7. The molecular formula is C83H85B10FN4O28S3. The van der Waals surface area contributed by atoms with E-state index in [-0.39, 0.29) is 26.8 Å². The molecule has 1 aliphatic heterocycles. The summed E-state index contributed by atoms with van der Waals surface area (Å²) in [4.78, 5) is 42.5. The number of nitrogens with zero attached hydrogens (tertiary/aromatic N) is 2. The minimum Gasteiger partial charge on any atom is -0.489 e. The summed E-state index contributed by atoms with van der Waals surface area (Å²) >= 11 is 3.01. The molecule has 3 aromatic heterocycles. The van der Waals surface area contributed by atoms with Gasteiger partial charge < -0.3 is 126 Å². The van der Waals surface area contributed by atoms with E-state index >= 15 is 0 Å². The second-order valence-corrected chi connectivity index (χ2v) is 30.6. The summed E-state index contributed by atoms with van der Waals surface area (Å²) in [5, 5.41) is 182. The van der Waals surface area contributed by atoms with Crippen molar-refractivity contribution in [1.29, 1.82) is 0 Å². The van der Waals surface area contributed by atoms with Gasteiger partial charge in [-0.3, -0.25) is 19.6 Å². The van der Waals surface area contributed by atoms with Crippen LogP contribution in [0.5, 0.6) is 17.2 Å². The van der Waals surface area contributed by atoms with Gasteiger partial charge in [0.1, 0.15) is 29.7 Å². The van der Waals surface area contributed by atoms with E-state index in [0.717, 1.165) is 55.2 Å². The lowest BCUT2D eigenvalue weighted by atomic mass is 9.78. The molecule has 660 valence electrons. The maximum atomic E-state index is 12.7. The molecule has 0 saturated heterocycles. The Kier molecular flexibility index (Phi) is 44.1. The quantitative estimate of drug-likeness (QED) is 0.0311. The summed E-state index contributed by atoms with van der Waals surface area (Å²) in [6.07, 6.45) is 4.34. The Bertz CT molecular complexity index is 5840. The fourth-order valence-corrected chi connectivity index (χ4v) is 12.9. The minimum absolute atomic E-state index is 0.164. The van der Waals surface area contributed by atoms with E-state index in [1.165, 1.54) is 128 Å². The molecule has 0 saturated carbocycles. The van der Waals surface area contributed by atoms with Gasteiger partial charge in [0, 0.05) is 35.2 Å². The maximum Gasteiger partial charge on any atom is 0.492 e. The van der Waals surface area contributed by atoms with Crippen molar-refractivity contribution in [2.24, 2.45) is 11.5 Å². The topological polar surface area (TPSA) is 595 Å². The molecule has 0 spiro atoms. The molecule has 1 aliphatic rings. The summed E-state index contributed by atoms with van der Waals surface area (Å²) in [6, 6.07) is 76.1. The van der Waals surface area contributed by atoms with E-state index in [2.05, 4.69) is 14.7 Å². The number of carbonyl (C=O) groups is 3. The van der Waals surface area contributed by atoms with Crippen LogP contribution in [-0.2, 0) is 21.2 Å². The van der Waals surface area contributed by atoms with Gasteiger partial charge in [0.2, 0.25) is 11.8 Å². The molecule has 0 bridgehead atoms. The van der Waals surface area contributed by atoms with Crippen molar-refractivity contribution in [3.05, 3.63) is 336 Å². The van der Waals surface area contributed by atoms with Gasteiger partial charge in [-0.1, -0.05) is 182 Å². The van der Waals surface area contributed by atoms with Crippen molar-refractivity contribution in [3.63, 3.8) is 0 Å². The van der Waals surface area contributed by atoms with E-state index in [1.54, 1.807) is 109 Å². The minimum atomic E-state index is -3.21. The largest absolute Gasteiger partial charge is 0.492 e. The van der Waals surface area contributed by atoms with E-state index in [1.807, 2.05) is 97.1 Å². The van der Waals surface area contributed by atoms with E-state index in [4.69, 9.17) is 111 Å². The number of methoxy groups -OCH3 is 1. The molecule has 11 aromatic carbocycles. The van der Waals surface area contributed by atoms with E-state index in [9.17, 15) is 37.2 Å². The van der Waals surface area contributed by atoms with Gasteiger partial charge in [0.05, 0.1) is 38.4 Å². The number of aryl methyl sites for hydroxylation is 1. The standard InChI is InChI=1S/C13H13BO3.C12H9BO3S.2C9H8BNO2.C8H9BO4.C7H8BFO2.2C7H8BNO3.C7H9BO4S.C4H5BO2S/c15-14(16)12-6-8-13(9-7-12)17-10-11-4-2-1-3-5-11;14-13(15)8-4-3-7-11-12(8)16-9-5-1-2-6-10(9)17-11;12-10(13)8-4-1-5-9-7(8)3-2-6-11-9;12-10(13)8-5-6-11-9-4-2-1-3-7(8)9;1-13-8(10)6-2-4-7(5-3-6)9(11)12;1-5-2-3-6(8(10)11)4-7(5)9;9-7(10)5-1-3-6(4-2-5)8(11)12;9-7(10)5-2-1-3-6(4-5)8(11)12;1-13(11,12)7-4-2-6(3-5-7)8(9)10;6-5(7)4-1-2-8-3-4/h1-9,15-16H,10H2;1-7,14-15H;2*1-6,12-13H;2-5,11-12H,1H3;2-4,10-11H,1H3;2*1-4,11-12H,(H2,9,10);2-5,9-10H,1H3;1-3,6-7H. The van der Waals surface area contributed by atoms with Crippen molar-refractivity contribution in [3.8, 4) is 17.2 Å². The third kappa shape index (κ3) is 35.5. The summed E-state index contributed by atoms with van der Waals surface area (Å²) < 4.78 is 50.5. The van der Waals surface area contributed by atoms with Crippen molar-refractivity contribution >= 4 is 198 Å². The number of rotatable bonds is 17. The third-order valence-corrected chi connectivity index (χ3v) is 20.4. The molecule has 2 amide bonds. The Morgan fingerprint density at radius 1 is 0.411 bits per heavy atom. The predicted molar refractivity (Wildman–Crippen MR) is 499 cm³/mol. The molecule has 4 heterocycles. The second-order valence-electron chi connectivity index (χ2n) is 26.7. The number of para-hydroxylation sites is 3. The number of ether oxygens (including phenoxy) is 3. The number of halogens is 1. The molecule has 0 unspecified atom stereocenters. The first-order chi connectivity index (χ1) is 61.3. The first kappa shape index (κ1) is 106. The molecule has 32 nitrogen and oxygen atoms in total. The highest BCUT2D eigenvalue weighted by Crippen LogP contribution is 2.46. The average Bonchev–Trinajstić information content (AvgIpc) is 1.04. The summed E-state index contributed by atoms with van der Waals surface area (Å²) in [7, 11) is -16.8.